The molecule has 0 unspecified atom stereocenters. The highest BCUT2D eigenvalue weighted by Gasteiger charge is 2.50. The van der Waals surface area contributed by atoms with Gasteiger partial charge >= 0.3 is 5.97 Å². The van der Waals surface area contributed by atoms with Crippen LogP contribution in [0.3, 0.4) is 0 Å². The molecule has 29 heavy (non-hydrogen) atoms. The number of esters is 1. The fraction of sp³-hybridized carbons (Fsp3) is 0.455. The van der Waals surface area contributed by atoms with Gasteiger partial charge in [0.1, 0.15) is 6.04 Å². The summed E-state index contributed by atoms with van der Waals surface area (Å²) in [5, 5.41) is 2.74. The van der Waals surface area contributed by atoms with Gasteiger partial charge in [0.2, 0.25) is 11.8 Å². The predicted molar refractivity (Wildman–Crippen MR) is 107 cm³/mol. The van der Waals surface area contributed by atoms with Crippen LogP contribution in [0.4, 0.5) is 5.69 Å². The van der Waals surface area contributed by atoms with E-state index in [1.807, 2.05) is 38.1 Å². The summed E-state index contributed by atoms with van der Waals surface area (Å²) in [6.07, 6.45) is 3.71. The number of nitrogens with zero attached hydrogens (tertiary/aromatic N) is 1. The van der Waals surface area contributed by atoms with E-state index in [1.165, 1.54) is 13.8 Å². The number of hydrogen-bond donors (Lipinski definition) is 1. The number of carbonyl (C=O) groups is 4. The van der Waals surface area contributed by atoms with Gasteiger partial charge in [-0.15, -0.1) is 0 Å². The maximum Gasteiger partial charge on any atom is 0.329 e. The highest BCUT2D eigenvalue weighted by Crippen LogP contribution is 2.36. The number of amides is 3. The smallest absolute Gasteiger partial charge is 0.329 e. The molecule has 7 heteroatoms. The van der Waals surface area contributed by atoms with Gasteiger partial charge in [-0.3, -0.25) is 19.3 Å². The molecule has 1 aliphatic carbocycles. The average molecular weight is 398 g/mol. The Kier molecular flexibility index (Phi) is 5.86. The van der Waals surface area contributed by atoms with Gasteiger partial charge in [0.15, 0.2) is 6.10 Å². The van der Waals surface area contributed by atoms with Crippen molar-refractivity contribution < 1.29 is 23.9 Å². The quantitative estimate of drug-likeness (QED) is 0.467. The van der Waals surface area contributed by atoms with E-state index in [2.05, 4.69) is 5.32 Å². The van der Waals surface area contributed by atoms with Gasteiger partial charge in [0.05, 0.1) is 11.8 Å². The van der Waals surface area contributed by atoms with Crippen LogP contribution in [0.1, 0.15) is 37.8 Å². The van der Waals surface area contributed by atoms with Crippen LogP contribution in [0.5, 0.6) is 0 Å². The number of likely N-dealkylation sites (tertiary alicyclic amines) is 1. The van der Waals surface area contributed by atoms with Gasteiger partial charge in [-0.25, -0.2) is 4.79 Å². The van der Waals surface area contributed by atoms with Crippen LogP contribution < -0.4 is 5.32 Å². The fourth-order valence-corrected chi connectivity index (χ4v) is 3.83. The maximum absolute atomic E-state index is 12.6. The average Bonchev–Trinajstić information content (AvgIpc) is 2.94. The van der Waals surface area contributed by atoms with Crippen molar-refractivity contribution in [3.8, 4) is 0 Å². The summed E-state index contributed by atoms with van der Waals surface area (Å²) in [6, 6.07) is 4.53. The molecule has 4 atom stereocenters. The largest absolute Gasteiger partial charge is 0.451 e. The van der Waals surface area contributed by atoms with Gasteiger partial charge < -0.3 is 10.1 Å². The molecule has 0 aromatic heterocycles. The molecule has 0 spiro atoms. The first-order valence-electron chi connectivity index (χ1n) is 9.81. The van der Waals surface area contributed by atoms with Crippen LogP contribution in [-0.4, -0.2) is 40.7 Å². The van der Waals surface area contributed by atoms with Crippen LogP contribution in [-0.2, 0) is 23.9 Å². The van der Waals surface area contributed by atoms with Crippen LogP contribution in [0.25, 0.3) is 0 Å². The summed E-state index contributed by atoms with van der Waals surface area (Å²) in [6.45, 7) is 6.75. The zero-order valence-corrected chi connectivity index (χ0v) is 17.1. The van der Waals surface area contributed by atoms with E-state index >= 15 is 0 Å². The molecule has 0 saturated carbocycles. The van der Waals surface area contributed by atoms with Gasteiger partial charge in [-0.05, 0) is 52.2 Å². The number of carbonyl (C=O) groups excluding carboxylic acids is 4. The van der Waals surface area contributed by atoms with Crippen LogP contribution in [0.15, 0.2) is 30.4 Å². The standard InChI is InChI=1S/C22H26N2O5/c1-12-9-10-18(13(2)11-12)23-19(25)15(4)29-22(28)14(3)24-20(26)16-7-5-6-8-17(16)21(24)27/h5-6,9-11,14-17H,7-8H2,1-4H3,(H,23,25)/t14-,15+,16-,17-/m0/s1. The van der Waals surface area contributed by atoms with E-state index in [1.54, 1.807) is 6.07 Å². The Labute approximate surface area is 170 Å². The summed E-state index contributed by atoms with van der Waals surface area (Å²) in [5.74, 6) is -2.76. The first-order chi connectivity index (χ1) is 13.7. The van der Waals surface area contributed by atoms with Crippen molar-refractivity contribution >= 4 is 29.4 Å². The molecule has 1 heterocycles. The van der Waals surface area contributed by atoms with Gasteiger partial charge in [0, 0.05) is 5.69 Å². The second kappa shape index (κ2) is 8.19. The lowest BCUT2D eigenvalue weighted by Gasteiger charge is -2.23. The van der Waals surface area contributed by atoms with Crippen molar-refractivity contribution in [3.63, 3.8) is 0 Å². The summed E-state index contributed by atoms with van der Waals surface area (Å²) in [7, 11) is 0. The number of allylic oxidation sites excluding steroid dienone is 2. The Morgan fingerprint density at radius 2 is 1.66 bits per heavy atom. The maximum atomic E-state index is 12.6. The number of anilines is 1. The van der Waals surface area contributed by atoms with Crippen molar-refractivity contribution in [1.29, 1.82) is 0 Å². The van der Waals surface area contributed by atoms with Crippen molar-refractivity contribution in [2.75, 3.05) is 5.32 Å². The molecule has 7 nitrogen and oxygen atoms in total. The number of fused-ring (bicyclic) bond motifs is 1. The Balaban J connectivity index is 1.62. The number of imide groups is 1. The lowest BCUT2D eigenvalue weighted by molar-refractivity contribution is -0.163. The molecule has 154 valence electrons. The third-order valence-electron chi connectivity index (χ3n) is 5.57. The molecule has 3 rings (SSSR count). The zero-order valence-electron chi connectivity index (χ0n) is 17.1. The first-order valence-corrected chi connectivity index (χ1v) is 9.81. The minimum atomic E-state index is -1.07. The number of rotatable bonds is 5. The minimum Gasteiger partial charge on any atom is -0.451 e. The summed E-state index contributed by atoms with van der Waals surface area (Å²) < 4.78 is 5.26. The van der Waals surface area contributed by atoms with E-state index in [-0.39, 0.29) is 11.8 Å². The Bertz CT molecular complexity index is 865. The molecular weight excluding hydrogens is 372 g/mol. The molecule has 3 amide bonds. The highest BCUT2D eigenvalue weighted by atomic mass is 16.5. The van der Waals surface area contributed by atoms with Gasteiger partial charge in [-0.2, -0.15) is 0 Å². The minimum absolute atomic E-state index is 0.346. The van der Waals surface area contributed by atoms with E-state index < -0.39 is 35.9 Å². The normalized spacial score (nSPS) is 22.8. The highest BCUT2D eigenvalue weighted by molar-refractivity contribution is 6.08. The molecule has 0 bridgehead atoms. The molecule has 1 N–H and O–H groups in total. The van der Waals surface area contributed by atoms with Crippen LogP contribution in [0, 0.1) is 25.7 Å². The van der Waals surface area contributed by atoms with Crippen molar-refractivity contribution in [2.24, 2.45) is 11.8 Å². The van der Waals surface area contributed by atoms with Crippen molar-refractivity contribution in [1.82, 2.24) is 4.90 Å². The van der Waals surface area contributed by atoms with Crippen molar-refractivity contribution in [2.45, 2.75) is 52.7 Å². The lowest BCUT2D eigenvalue weighted by Crippen LogP contribution is -2.46. The fourth-order valence-electron chi connectivity index (χ4n) is 3.83. The molecule has 0 radical (unpaired) electrons. The number of hydrogen-bond acceptors (Lipinski definition) is 5. The molecule has 1 aliphatic heterocycles. The van der Waals surface area contributed by atoms with E-state index in [4.69, 9.17) is 4.74 Å². The number of ether oxygens (including phenoxy) is 1. The summed E-state index contributed by atoms with van der Waals surface area (Å²) in [5.41, 5.74) is 2.61. The summed E-state index contributed by atoms with van der Waals surface area (Å²) >= 11 is 0. The van der Waals surface area contributed by atoms with E-state index in [9.17, 15) is 19.2 Å². The number of benzene rings is 1. The Morgan fingerprint density at radius 3 is 2.21 bits per heavy atom. The molecule has 1 aromatic carbocycles. The summed E-state index contributed by atoms with van der Waals surface area (Å²) in [4.78, 5) is 51.2. The van der Waals surface area contributed by atoms with Crippen molar-refractivity contribution in [3.05, 3.63) is 41.5 Å². The first kappa shape index (κ1) is 20.8. The van der Waals surface area contributed by atoms with Crippen LogP contribution >= 0.6 is 0 Å². The molecule has 1 fully saturated rings. The molecule has 1 aromatic rings. The second-order valence-corrected chi connectivity index (χ2v) is 7.76. The molecular formula is C22H26N2O5. The van der Waals surface area contributed by atoms with Gasteiger partial charge in [0.25, 0.3) is 5.91 Å². The third-order valence-corrected chi connectivity index (χ3v) is 5.57. The number of nitrogens with one attached hydrogen (secondary N) is 1. The predicted octanol–water partition coefficient (Wildman–Crippen LogP) is 2.51. The second-order valence-electron chi connectivity index (χ2n) is 7.76. The lowest BCUT2D eigenvalue weighted by atomic mass is 9.85. The van der Waals surface area contributed by atoms with Gasteiger partial charge in [-0.1, -0.05) is 29.8 Å². The zero-order chi connectivity index (χ0) is 21.3. The Hall–Kier alpha value is -2.96. The van der Waals surface area contributed by atoms with E-state index in [0.717, 1.165) is 16.0 Å². The number of aryl methyl sites for hydroxylation is 2. The molecule has 1 saturated heterocycles. The molecule has 2 aliphatic rings. The Morgan fingerprint density at radius 1 is 1.07 bits per heavy atom. The SMILES string of the molecule is Cc1ccc(NC(=O)[C@@H](C)OC(=O)[C@H](C)N2C(=O)[C@H]3CC=CC[C@@H]3C2=O)c(C)c1. The van der Waals surface area contributed by atoms with Crippen LogP contribution in [0.2, 0.25) is 0 Å². The third kappa shape index (κ3) is 4.09. The van der Waals surface area contributed by atoms with E-state index in [0.29, 0.717) is 18.5 Å². The monoisotopic (exact) mass is 398 g/mol. The topological polar surface area (TPSA) is 92.8 Å².